The van der Waals surface area contributed by atoms with E-state index < -0.39 is 26.5 Å². The van der Waals surface area contributed by atoms with E-state index in [2.05, 4.69) is 62.5 Å². The normalized spacial score (nSPS) is 13.3. The third kappa shape index (κ3) is 72.9. The summed E-state index contributed by atoms with van der Waals surface area (Å²) in [6.07, 6.45) is 89.4. The average molecular weight is 1240 g/mol. The van der Waals surface area contributed by atoms with Crippen molar-refractivity contribution in [1.82, 2.24) is 0 Å². The predicted molar refractivity (Wildman–Crippen MR) is 374 cm³/mol. The van der Waals surface area contributed by atoms with Crippen LogP contribution in [0.2, 0.25) is 0 Å². The SMILES string of the molecule is CC/C=C\C/C=C\C/C=C\C/C=C\CCCCCCCCCCCCCCCCCCCCCCCCCCCCCCC(=O)OC(COC(=O)CCCCCCCCCCCCCCCCCCCCCCCC)COP(=O)([O-])OCC[N+](C)(C)C. The van der Waals surface area contributed by atoms with E-state index in [1.54, 1.807) is 0 Å². The van der Waals surface area contributed by atoms with E-state index in [1.807, 2.05) is 21.1 Å². The number of phosphoric ester groups is 1. The van der Waals surface area contributed by atoms with Crippen molar-refractivity contribution in [2.75, 3.05) is 47.5 Å². The molecule has 0 aliphatic carbocycles. The van der Waals surface area contributed by atoms with Crippen LogP contribution in [0.4, 0.5) is 0 Å². The van der Waals surface area contributed by atoms with E-state index in [4.69, 9.17) is 18.5 Å². The molecular weight excluding hydrogens is 1100 g/mol. The van der Waals surface area contributed by atoms with E-state index in [9.17, 15) is 19.0 Å². The lowest BCUT2D eigenvalue weighted by Gasteiger charge is -2.28. The molecule has 9 nitrogen and oxygen atoms in total. The summed E-state index contributed by atoms with van der Waals surface area (Å²) in [7, 11) is 1.19. The van der Waals surface area contributed by atoms with Crippen molar-refractivity contribution in [2.45, 2.75) is 386 Å². The van der Waals surface area contributed by atoms with E-state index in [0.717, 1.165) is 57.8 Å². The number of rotatable bonds is 71. The van der Waals surface area contributed by atoms with E-state index in [1.165, 1.54) is 289 Å². The second-order valence-electron chi connectivity index (χ2n) is 27.0. The fourth-order valence-electron chi connectivity index (χ4n) is 11.4. The zero-order chi connectivity index (χ0) is 63.4. The number of phosphoric acid groups is 1. The van der Waals surface area contributed by atoms with Crippen molar-refractivity contribution >= 4 is 19.8 Å². The molecule has 0 aromatic carbocycles. The molecule has 0 saturated heterocycles. The maximum absolute atomic E-state index is 12.9. The Morgan fingerprint density at radius 1 is 0.368 bits per heavy atom. The molecular formula is C77H146NO8P. The first-order valence-corrected chi connectivity index (χ1v) is 39.3. The Hall–Kier alpha value is -2.03. The summed E-state index contributed by atoms with van der Waals surface area (Å²) in [5.74, 6) is -0.808. The number of unbranched alkanes of at least 4 members (excludes halogenated alkanes) is 49. The lowest BCUT2D eigenvalue weighted by Crippen LogP contribution is -2.37. The third-order valence-electron chi connectivity index (χ3n) is 17.1. The number of likely N-dealkylation sites (N-methyl/N-ethyl adjacent to an activating group) is 1. The van der Waals surface area contributed by atoms with Crippen LogP contribution < -0.4 is 4.89 Å². The summed E-state index contributed by atoms with van der Waals surface area (Å²) in [5, 5.41) is 0. The van der Waals surface area contributed by atoms with Gasteiger partial charge in [0.1, 0.15) is 19.8 Å². The number of hydrogen-bond acceptors (Lipinski definition) is 8. The van der Waals surface area contributed by atoms with Gasteiger partial charge in [-0.2, -0.15) is 0 Å². The minimum Gasteiger partial charge on any atom is -0.756 e. The number of carbonyl (C=O) groups is 2. The first-order chi connectivity index (χ1) is 42.5. The molecule has 0 heterocycles. The summed E-state index contributed by atoms with van der Waals surface area (Å²) in [6, 6.07) is 0. The average Bonchev–Trinajstić information content (AvgIpc) is 3.50. The van der Waals surface area contributed by atoms with Gasteiger partial charge in [-0.1, -0.05) is 364 Å². The second kappa shape index (κ2) is 68.3. The Bertz CT molecular complexity index is 1610. The van der Waals surface area contributed by atoms with Gasteiger partial charge in [0.05, 0.1) is 27.7 Å². The first kappa shape index (κ1) is 85.0. The van der Waals surface area contributed by atoms with Crippen LogP contribution in [-0.2, 0) is 32.7 Å². The van der Waals surface area contributed by atoms with Gasteiger partial charge in [0.15, 0.2) is 6.10 Å². The topological polar surface area (TPSA) is 111 Å². The molecule has 0 saturated carbocycles. The molecule has 0 fully saturated rings. The number of carbonyl (C=O) groups excluding carboxylic acids is 2. The number of ether oxygens (including phenoxy) is 2. The zero-order valence-corrected chi connectivity index (χ0v) is 59.4. The molecule has 0 N–H and O–H groups in total. The van der Waals surface area contributed by atoms with Crippen LogP contribution in [0, 0.1) is 0 Å². The maximum Gasteiger partial charge on any atom is 0.306 e. The van der Waals surface area contributed by atoms with Crippen LogP contribution in [0.25, 0.3) is 0 Å². The molecule has 0 aliphatic rings. The highest BCUT2D eigenvalue weighted by Gasteiger charge is 2.22. The molecule has 2 unspecified atom stereocenters. The van der Waals surface area contributed by atoms with Crippen molar-refractivity contribution < 1.29 is 42.1 Å². The number of quaternary nitrogens is 1. The highest BCUT2D eigenvalue weighted by Crippen LogP contribution is 2.38. The van der Waals surface area contributed by atoms with Crippen molar-refractivity contribution in [1.29, 1.82) is 0 Å². The summed E-state index contributed by atoms with van der Waals surface area (Å²) in [5.41, 5.74) is 0. The molecule has 512 valence electrons. The Morgan fingerprint density at radius 2 is 0.655 bits per heavy atom. The molecule has 10 heteroatoms. The molecule has 0 radical (unpaired) electrons. The van der Waals surface area contributed by atoms with E-state index >= 15 is 0 Å². The minimum atomic E-state index is -4.64. The fourth-order valence-corrected chi connectivity index (χ4v) is 12.1. The summed E-state index contributed by atoms with van der Waals surface area (Å²) in [6.45, 7) is 4.20. The number of nitrogens with zero attached hydrogens (tertiary/aromatic N) is 1. The molecule has 0 amide bonds. The molecule has 0 bridgehead atoms. The molecule has 87 heavy (non-hydrogen) atoms. The molecule has 0 rings (SSSR count). The third-order valence-corrected chi connectivity index (χ3v) is 18.1. The van der Waals surface area contributed by atoms with Gasteiger partial charge in [0.2, 0.25) is 0 Å². The molecule has 0 aliphatic heterocycles. The largest absolute Gasteiger partial charge is 0.756 e. The van der Waals surface area contributed by atoms with Crippen LogP contribution >= 0.6 is 7.82 Å². The standard InChI is InChI=1S/C77H146NO8P/c1-6-8-10-12-14-16-18-20-22-24-26-28-30-31-32-33-34-35-36-37-38-39-40-41-42-43-44-45-46-47-48-50-52-54-56-58-60-62-64-66-68-70-77(80)86-75(74-85-87(81,82)84-72-71-78(3,4)5)73-83-76(79)69-67-65-63-61-59-57-55-53-51-49-29-27-25-23-21-19-17-15-13-11-9-7-2/h8,10,14,16,20,22,26,28,75H,6-7,9,11-13,15,17-19,21,23-25,27,29-74H2,1-5H3/b10-8-,16-14-,22-20-,28-26-. The summed E-state index contributed by atoms with van der Waals surface area (Å²) >= 11 is 0. The van der Waals surface area contributed by atoms with E-state index in [0.29, 0.717) is 17.4 Å². The van der Waals surface area contributed by atoms with Crippen LogP contribution in [0.5, 0.6) is 0 Å². The Balaban J connectivity index is 3.87. The maximum atomic E-state index is 12.9. The Morgan fingerprint density at radius 3 is 0.977 bits per heavy atom. The van der Waals surface area contributed by atoms with E-state index in [-0.39, 0.29) is 32.0 Å². The predicted octanol–water partition coefficient (Wildman–Crippen LogP) is 24.1. The van der Waals surface area contributed by atoms with Gasteiger partial charge in [0, 0.05) is 12.8 Å². The summed E-state index contributed by atoms with van der Waals surface area (Å²) < 4.78 is 34.4. The monoisotopic (exact) mass is 1240 g/mol. The van der Waals surface area contributed by atoms with Gasteiger partial charge < -0.3 is 27.9 Å². The highest BCUT2D eigenvalue weighted by atomic mass is 31.2. The minimum absolute atomic E-state index is 0.0268. The van der Waals surface area contributed by atoms with Crippen molar-refractivity contribution in [2.24, 2.45) is 0 Å². The Kier molecular flexibility index (Phi) is 66.7. The van der Waals surface area contributed by atoms with Gasteiger partial charge in [-0.3, -0.25) is 14.2 Å². The summed E-state index contributed by atoms with van der Waals surface area (Å²) in [4.78, 5) is 38.1. The van der Waals surface area contributed by atoms with Crippen molar-refractivity contribution in [3.05, 3.63) is 48.6 Å². The van der Waals surface area contributed by atoms with Crippen LogP contribution in [0.15, 0.2) is 48.6 Å². The van der Waals surface area contributed by atoms with Crippen LogP contribution in [0.1, 0.15) is 380 Å². The smallest absolute Gasteiger partial charge is 0.306 e. The number of allylic oxidation sites excluding steroid dienone is 8. The molecule has 0 aromatic heterocycles. The van der Waals surface area contributed by atoms with Gasteiger partial charge >= 0.3 is 11.9 Å². The fraction of sp³-hybridized carbons (Fsp3) is 0.870. The highest BCUT2D eigenvalue weighted by molar-refractivity contribution is 7.45. The first-order valence-electron chi connectivity index (χ1n) is 37.8. The van der Waals surface area contributed by atoms with Gasteiger partial charge in [-0.15, -0.1) is 0 Å². The number of esters is 2. The van der Waals surface area contributed by atoms with Crippen molar-refractivity contribution in [3.63, 3.8) is 0 Å². The van der Waals surface area contributed by atoms with Gasteiger partial charge in [-0.05, 0) is 51.4 Å². The zero-order valence-electron chi connectivity index (χ0n) is 58.5. The molecule has 0 aromatic rings. The Labute approximate surface area is 541 Å². The van der Waals surface area contributed by atoms with Gasteiger partial charge in [-0.25, -0.2) is 0 Å². The lowest BCUT2D eigenvalue weighted by molar-refractivity contribution is -0.870. The molecule has 0 spiro atoms. The quantitative estimate of drug-likeness (QED) is 0.0195. The number of hydrogen-bond donors (Lipinski definition) is 0. The molecule has 2 atom stereocenters. The van der Waals surface area contributed by atoms with Crippen LogP contribution in [0.3, 0.4) is 0 Å². The second-order valence-corrected chi connectivity index (χ2v) is 28.4. The van der Waals surface area contributed by atoms with Gasteiger partial charge in [0.25, 0.3) is 7.82 Å². The van der Waals surface area contributed by atoms with Crippen molar-refractivity contribution in [3.8, 4) is 0 Å². The van der Waals surface area contributed by atoms with Crippen LogP contribution in [-0.4, -0.2) is 70.0 Å². The lowest BCUT2D eigenvalue weighted by atomic mass is 10.0.